The molecule has 0 aliphatic carbocycles. The molecule has 0 aromatic carbocycles. The van der Waals surface area contributed by atoms with Gasteiger partial charge in [-0.25, -0.2) is 4.98 Å². The summed E-state index contributed by atoms with van der Waals surface area (Å²) in [6.45, 7) is 5.62. The highest BCUT2D eigenvalue weighted by Crippen LogP contribution is 2.27. The van der Waals surface area contributed by atoms with Crippen molar-refractivity contribution in [3.8, 4) is 11.6 Å². The van der Waals surface area contributed by atoms with Gasteiger partial charge in [0, 0.05) is 32.9 Å². The van der Waals surface area contributed by atoms with Gasteiger partial charge in [-0.05, 0) is 29.9 Å². The van der Waals surface area contributed by atoms with Crippen LogP contribution in [0.15, 0.2) is 12.3 Å². The number of hydrogen-bond acceptors (Lipinski definition) is 5. The molecule has 0 saturated heterocycles. The van der Waals surface area contributed by atoms with Crippen LogP contribution in [0.1, 0.15) is 25.8 Å². The predicted molar refractivity (Wildman–Crippen MR) is 81.9 cm³/mol. The molecule has 0 radical (unpaired) electrons. The van der Waals surface area contributed by atoms with Crippen molar-refractivity contribution in [3.63, 3.8) is 0 Å². The number of rotatable bonds is 10. The van der Waals surface area contributed by atoms with Gasteiger partial charge in [0.15, 0.2) is 5.75 Å². The molecule has 0 spiro atoms. The van der Waals surface area contributed by atoms with E-state index >= 15 is 0 Å². The minimum Gasteiger partial charge on any atom is -0.488 e. The Morgan fingerprint density at radius 1 is 1.24 bits per heavy atom. The van der Waals surface area contributed by atoms with E-state index in [4.69, 9.17) is 14.2 Å². The van der Waals surface area contributed by atoms with E-state index in [0.717, 1.165) is 18.4 Å². The second-order valence-corrected chi connectivity index (χ2v) is 5.44. The fourth-order valence-corrected chi connectivity index (χ4v) is 2.04. The van der Waals surface area contributed by atoms with Crippen LogP contribution in [-0.4, -0.2) is 44.1 Å². The Balaban J connectivity index is 2.74. The lowest BCUT2D eigenvalue weighted by Crippen LogP contribution is -2.16. The highest BCUT2D eigenvalue weighted by Gasteiger charge is 2.15. The first kappa shape index (κ1) is 17.7. The summed E-state index contributed by atoms with van der Waals surface area (Å²) in [7, 11) is 3.25. The molecule has 1 atom stereocenters. The van der Waals surface area contributed by atoms with Gasteiger partial charge in [-0.2, -0.15) is 0 Å². The zero-order valence-corrected chi connectivity index (χ0v) is 13.5. The van der Waals surface area contributed by atoms with Crippen molar-refractivity contribution in [3.05, 3.63) is 17.8 Å². The highest BCUT2D eigenvalue weighted by molar-refractivity contribution is 5.36. The fraction of sp³-hybridized carbons (Fsp3) is 0.688. The molecule has 0 aliphatic rings. The van der Waals surface area contributed by atoms with E-state index in [9.17, 15) is 5.11 Å². The van der Waals surface area contributed by atoms with Crippen molar-refractivity contribution in [2.24, 2.45) is 11.8 Å². The molecular formula is C16H27NO4. The minimum absolute atomic E-state index is 0.174. The normalized spacial score (nSPS) is 12.5. The maximum atomic E-state index is 9.44. The van der Waals surface area contributed by atoms with Crippen LogP contribution in [0, 0.1) is 11.8 Å². The Morgan fingerprint density at radius 3 is 2.57 bits per heavy atom. The van der Waals surface area contributed by atoms with Gasteiger partial charge in [-0.3, -0.25) is 0 Å². The smallest absolute Gasteiger partial charge is 0.256 e. The summed E-state index contributed by atoms with van der Waals surface area (Å²) in [5, 5.41) is 9.44. The third kappa shape index (κ3) is 5.89. The van der Waals surface area contributed by atoms with Gasteiger partial charge >= 0.3 is 0 Å². The van der Waals surface area contributed by atoms with E-state index in [2.05, 4.69) is 18.8 Å². The van der Waals surface area contributed by atoms with Gasteiger partial charge in [0.25, 0.3) is 5.88 Å². The number of pyridine rings is 1. The Labute approximate surface area is 127 Å². The summed E-state index contributed by atoms with van der Waals surface area (Å²) in [5.41, 5.74) is 1.05. The number of hydrogen-bond donors (Lipinski definition) is 1. The average Bonchev–Trinajstić information content (AvgIpc) is 2.49. The van der Waals surface area contributed by atoms with Crippen LogP contribution in [0.3, 0.4) is 0 Å². The second kappa shape index (κ2) is 9.58. The largest absolute Gasteiger partial charge is 0.488 e. The van der Waals surface area contributed by atoms with Crippen LogP contribution in [0.25, 0.3) is 0 Å². The molecule has 1 N–H and O–H groups in total. The van der Waals surface area contributed by atoms with Gasteiger partial charge in [0.2, 0.25) is 0 Å². The number of methoxy groups -OCH3 is 2. The molecule has 0 fully saturated rings. The van der Waals surface area contributed by atoms with Crippen LogP contribution in [0.2, 0.25) is 0 Å². The Bertz CT molecular complexity index is 409. The summed E-state index contributed by atoms with van der Waals surface area (Å²) in [6.07, 6.45) is 3.38. The van der Waals surface area contributed by atoms with Crippen LogP contribution < -0.4 is 9.47 Å². The van der Waals surface area contributed by atoms with Crippen LogP contribution in [-0.2, 0) is 11.2 Å². The maximum absolute atomic E-state index is 9.44. The molecule has 0 saturated carbocycles. The Kier molecular flexibility index (Phi) is 8.08. The molecule has 1 rings (SSSR count). The lowest BCUT2D eigenvalue weighted by atomic mass is 9.90. The molecule has 120 valence electrons. The first-order valence-corrected chi connectivity index (χ1v) is 7.37. The summed E-state index contributed by atoms with van der Waals surface area (Å²) >= 11 is 0. The topological polar surface area (TPSA) is 60.8 Å². The summed E-state index contributed by atoms with van der Waals surface area (Å²) < 4.78 is 15.9. The van der Waals surface area contributed by atoms with Crippen molar-refractivity contribution in [2.75, 3.05) is 34.0 Å². The molecule has 5 nitrogen and oxygen atoms in total. The lowest BCUT2D eigenvalue weighted by Gasteiger charge is -2.18. The van der Waals surface area contributed by atoms with E-state index in [1.54, 1.807) is 20.4 Å². The van der Waals surface area contributed by atoms with Crippen LogP contribution >= 0.6 is 0 Å². The molecule has 5 heteroatoms. The van der Waals surface area contributed by atoms with Gasteiger partial charge in [0.05, 0.1) is 13.7 Å². The summed E-state index contributed by atoms with van der Waals surface area (Å²) in [6, 6.07) is 1.95. The van der Waals surface area contributed by atoms with Crippen molar-refractivity contribution in [1.29, 1.82) is 0 Å². The monoisotopic (exact) mass is 297 g/mol. The number of ether oxygens (including phenoxy) is 3. The average molecular weight is 297 g/mol. The number of nitrogens with zero attached hydrogens (tertiary/aromatic N) is 1. The summed E-state index contributed by atoms with van der Waals surface area (Å²) in [5.74, 6) is 1.78. The Hall–Kier alpha value is -1.33. The zero-order valence-electron chi connectivity index (χ0n) is 13.5. The van der Waals surface area contributed by atoms with Gasteiger partial charge in [0.1, 0.15) is 0 Å². The van der Waals surface area contributed by atoms with Gasteiger partial charge in [-0.15, -0.1) is 0 Å². The molecule has 0 bridgehead atoms. The third-order valence-electron chi connectivity index (χ3n) is 3.49. The van der Waals surface area contributed by atoms with E-state index in [-0.39, 0.29) is 12.5 Å². The van der Waals surface area contributed by atoms with E-state index in [0.29, 0.717) is 30.8 Å². The highest BCUT2D eigenvalue weighted by atomic mass is 16.5. The standard InChI is InChI=1S/C16H27NO4/c1-12(2)14(11-18)8-13-9-15(16(20-4)17-10-13)21-7-5-6-19-3/h9-10,12,14,18H,5-8,11H2,1-4H3/t14-/m1/s1. The Morgan fingerprint density at radius 2 is 2.00 bits per heavy atom. The first-order chi connectivity index (χ1) is 10.1. The van der Waals surface area contributed by atoms with Crippen LogP contribution in [0.5, 0.6) is 11.6 Å². The van der Waals surface area contributed by atoms with Gasteiger partial charge in [-0.1, -0.05) is 13.8 Å². The van der Waals surface area contributed by atoms with Crippen molar-refractivity contribution in [2.45, 2.75) is 26.7 Å². The maximum Gasteiger partial charge on any atom is 0.256 e. The molecule has 1 aromatic heterocycles. The van der Waals surface area contributed by atoms with Crippen molar-refractivity contribution < 1.29 is 19.3 Å². The third-order valence-corrected chi connectivity index (χ3v) is 3.49. The van der Waals surface area contributed by atoms with E-state index in [1.807, 2.05) is 6.07 Å². The molecule has 1 aromatic rings. The molecule has 0 aliphatic heterocycles. The number of aliphatic hydroxyl groups excluding tert-OH is 1. The zero-order chi connectivity index (χ0) is 15.7. The van der Waals surface area contributed by atoms with E-state index in [1.165, 1.54) is 0 Å². The lowest BCUT2D eigenvalue weighted by molar-refractivity contribution is 0.170. The molecule has 0 unspecified atom stereocenters. The molecule has 0 amide bonds. The van der Waals surface area contributed by atoms with E-state index < -0.39 is 0 Å². The second-order valence-electron chi connectivity index (χ2n) is 5.44. The molecule has 21 heavy (non-hydrogen) atoms. The van der Waals surface area contributed by atoms with Crippen LogP contribution in [0.4, 0.5) is 0 Å². The van der Waals surface area contributed by atoms with Gasteiger partial charge < -0.3 is 19.3 Å². The molecule has 1 heterocycles. The minimum atomic E-state index is 0.174. The number of aliphatic hydroxyl groups is 1. The van der Waals surface area contributed by atoms with Crippen molar-refractivity contribution in [1.82, 2.24) is 4.98 Å². The predicted octanol–water partition coefficient (Wildman–Crippen LogP) is 2.31. The number of aromatic nitrogens is 1. The van der Waals surface area contributed by atoms with Crippen molar-refractivity contribution >= 4 is 0 Å². The first-order valence-electron chi connectivity index (χ1n) is 7.37. The fourth-order valence-electron chi connectivity index (χ4n) is 2.04. The summed E-state index contributed by atoms with van der Waals surface area (Å²) in [4.78, 5) is 4.28. The quantitative estimate of drug-likeness (QED) is 0.672. The SMILES string of the molecule is COCCCOc1cc(C[C@H](CO)C(C)C)cnc1OC. The molecular weight excluding hydrogens is 270 g/mol.